The van der Waals surface area contributed by atoms with Gasteiger partial charge in [-0.25, -0.2) is 0 Å². The van der Waals surface area contributed by atoms with Crippen molar-refractivity contribution in [3.8, 4) is 6.07 Å². The highest BCUT2D eigenvalue weighted by Gasteiger charge is 2.22. The molecule has 0 bridgehead atoms. The zero-order chi connectivity index (χ0) is 13.1. The van der Waals surface area contributed by atoms with Gasteiger partial charge in [-0.2, -0.15) is 5.26 Å². The number of aryl methyl sites for hydroxylation is 1. The molecule has 1 N–H and O–H groups in total. The summed E-state index contributed by atoms with van der Waals surface area (Å²) in [4.78, 5) is 2.41. The van der Waals surface area contributed by atoms with E-state index in [1.807, 2.05) is 23.9 Å². The van der Waals surface area contributed by atoms with Crippen molar-refractivity contribution in [2.45, 2.75) is 38.4 Å². The maximum absolute atomic E-state index is 8.92. The molecule has 2 rings (SSSR count). The number of piperidine rings is 1. The van der Waals surface area contributed by atoms with Crippen LogP contribution in [0.25, 0.3) is 0 Å². The van der Waals surface area contributed by atoms with Gasteiger partial charge in [-0.3, -0.25) is 0 Å². The summed E-state index contributed by atoms with van der Waals surface area (Å²) < 4.78 is 1.88. The lowest BCUT2D eigenvalue weighted by Crippen LogP contribution is -2.45. The molecule has 2 atom stereocenters. The first-order valence-corrected chi connectivity index (χ1v) is 6.59. The van der Waals surface area contributed by atoms with Gasteiger partial charge < -0.3 is 14.8 Å². The average Bonchev–Trinajstić information content (AvgIpc) is 2.71. The number of nitrogens with zero attached hydrogens (tertiary/aromatic N) is 3. The van der Waals surface area contributed by atoms with Crippen LogP contribution in [0, 0.1) is 11.3 Å². The first-order chi connectivity index (χ1) is 8.60. The first kappa shape index (κ1) is 13.1. The van der Waals surface area contributed by atoms with Crippen LogP contribution in [0.2, 0.25) is 0 Å². The Morgan fingerprint density at radius 2 is 2.28 bits per heavy atom. The number of aromatic nitrogens is 1. The third-order valence-corrected chi connectivity index (χ3v) is 3.98. The highest BCUT2D eigenvalue weighted by molar-refractivity contribution is 5.28. The summed E-state index contributed by atoms with van der Waals surface area (Å²) in [6, 6.07) is 5.41. The van der Waals surface area contributed by atoms with Crippen LogP contribution in [0.5, 0.6) is 0 Å². The number of nitrogens with one attached hydrogen (secondary N) is 1. The van der Waals surface area contributed by atoms with Gasteiger partial charge in [-0.1, -0.05) is 0 Å². The van der Waals surface area contributed by atoms with Gasteiger partial charge in [-0.15, -0.1) is 0 Å². The minimum Gasteiger partial charge on any atom is -0.342 e. The standard InChI is InChI=1S/C14H22N4/c1-11-6-13(4-5-17(11)2)16-9-12-7-14(8-15)18(3)10-12/h7,10-11,13,16H,4-6,9H2,1-3H3. The van der Waals surface area contributed by atoms with Crippen molar-refractivity contribution in [2.24, 2.45) is 7.05 Å². The lowest BCUT2D eigenvalue weighted by atomic mass is 9.99. The van der Waals surface area contributed by atoms with Crippen molar-refractivity contribution in [1.82, 2.24) is 14.8 Å². The third kappa shape index (κ3) is 2.92. The van der Waals surface area contributed by atoms with E-state index in [9.17, 15) is 0 Å². The van der Waals surface area contributed by atoms with Crippen molar-refractivity contribution in [1.29, 1.82) is 5.26 Å². The topological polar surface area (TPSA) is 44.0 Å². The minimum absolute atomic E-state index is 0.599. The third-order valence-electron chi connectivity index (χ3n) is 3.98. The molecule has 0 saturated carbocycles. The van der Waals surface area contributed by atoms with E-state index in [1.54, 1.807) is 0 Å². The van der Waals surface area contributed by atoms with E-state index in [0.29, 0.717) is 12.1 Å². The monoisotopic (exact) mass is 246 g/mol. The molecule has 1 fully saturated rings. The van der Waals surface area contributed by atoms with Gasteiger partial charge >= 0.3 is 0 Å². The van der Waals surface area contributed by atoms with E-state index in [-0.39, 0.29) is 0 Å². The van der Waals surface area contributed by atoms with Gasteiger partial charge in [0, 0.05) is 31.9 Å². The van der Waals surface area contributed by atoms with Crippen LogP contribution < -0.4 is 5.32 Å². The minimum atomic E-state index is 0.599. The maximum atomic E-state index is 8.92. The Bertz CT molecular complexity index is 443. The second-order valence-corrected chi connectivity index (χ2v) is 5.39. The SMILES string of the molecule is CC1CC(NCc2cc(C#N)n(C)c2)CCN1C. The van der Waals surface area contributed by atoms with Gasteiger partial charge in [0.25, 0.3) is 0 Å². The molecule has 4 nitrogen and oxygen atoms in total. The van der Waals surface area contributed by atoms with Crippen molar-refractivity contribution in [3.63, 3.8) is 0 Å². The van der Waals surface area contributed by atoms with Crippen LogP contribution in [0.1, 0.15) is 31.0 Å². The van der Waals surface area contributed by atoms with E-state index in [4.69, 9.17) is 5.26 Å². The van der Waals surface area contributed by atoms with Gasteiger partial charge in [0.2, 0.25) is 0 Å². The largest absolute Gasteiger partial charge is 0.342 e. The zero-order valence-electron chi connectivity index (χ0n) is 11.5. The quantitative estimate of drug-likeness (QED) is 0.878. The summed E-state index contributed by atoms with van der Waals surface area (Å²) in [5.74, 6) is 0. The summed E-state index contributed by atoms with van der Waals surface area (Å²) in [5.41, 5.74) is 1.92. The number of rotatable bonds is 3. The van der Waals surface area contributed by atoms with Crippen LogP contribution in [-0.4, -0.2) is 35.1 Å². The Labute approximate surface area is 109 Å². The molecule has 1 aromatic heterocycles. The van der Waals surface area contributed by atoms with E-state index in [0.717, 1.165) is 18.8 Å². The van der Waals surface area contributed by atoms with E-state index in [2.05, 4.69) is 30.3 Å². The maximum Gasteiger partial charge on any atom is 0.120 e. The fourth-order valence-electron chi connectivity index (χ4n) is 2.58. The number of hydrogen-bond donors (Lipinski definition) is 1. The smallest absolute Gasteiger partial charge is 0.120 e. The Hall–Kier alpha value is -1.31. The first-order valence-electron chi connectivity index (χ1n) is 6.59. The summed E-state index contributed by atoms with van der Waals surface area (Å²) in [7, 11) is 4.11. The molecule has 0 amide bonds. The molecule has 18 heavy (non-hydrogen) atoms. The van der Waals surface area contributed by atoms with Gasteiger partial charge in [-0.05, 0) is 45.0 Å². The average molecular weight is 246 g/mol. The molecule has 0 radical (unpaired) electrons. The van der Waals surface area contributed by atoms with E-state index >= 15 is 0 Å². The highest BCUT2D eigenvalue weighted by atomic mass is 15.1. The van der Waals surface area contributed by atoms with Gasteiger partial charge in [0.1, 0.15) is 11.8 Å². The van der Waals surface area contributed by atoms with Crippen LogP contribution >= 0.6 is 0 Å². The summed E-state index contributed by atoms with van der Waals surface area (Å²) in [5, 5.41) is 12.5. The fraction of sp³-hybridized carbons (Fsp3) is 0.643. The van der Waals surface area contributed by atoms with Crippen LogP contribution in [0.3, 0.4) is 0 Å². The summed E-state index contributed by atoms with van der Waals surface area (Å²) in [6.45, 7) is 4.30. The molecule has 0 spiro atoms. The molecular formula is C14H22N4. The molecule has 2 heterocycles. The lowest BCUT2D eigenvalue weighted by Gasteiger charge is -2.35. The predicted octanol–water partition coefficient (Wildman–Crippen LogP) is 1.47. The Kier molecular flexibility index (Phi) is 4.05. The Balaban J connectivity index is 1.86. The molecule has 0 aliphatic carbocycles. The molecule has 1 aromatic rings. The zero-order valence-corrected chi connectivity index (χ0v) is 11.5. The van der Waals surface area contributed by atoms with Crippen LogP contribution in [0.4, 0.5) is 0 Å². The second-order valence-electron chi connectivity index (χ2n) is 5.39. The van der Waals surface area contributed by atoms with Gasteiger partial charge in [0.05, 0.1) is 0 Å². The molecule has 98 valence electrons. The van der Waals surface area contributed by atoms with E-state index in [1.165, 1.54) is 18.4 Å². The highest BCUT2D eigenvalue weighted by Crippen LogP contribution is 2.16. The molecule has 1 saturated heterocycles. The lowest BCUT2D eigenvalue weighted by molar-refractivity contribution is 0.168. The number of hydrogen-bond acceptors (Lipinski definition) is 3. The van der Waals surface area contributed by atoms with Gasteiger partial charge in [0.15, 0.2) is 0 Å². The molecule has 1 aliphatic heterocycles. The van der Waals surface area contributed by atoms with Crippen LogP contribution in [-0.2, 0) is 13.6 Å². The second kappa shape index (κ2) is 5.55. The summed E-state index contributed by atoms with van der Waals surface area (Å²) >= 11 is 0. The van der Waals surface area contributed by atoms with Crippen LogP contribution in [0.15, 0.2) is 12.3 Å². The Morgan fingerprint density at radius 3 is 2.89 bits per heavy atom. The predicted molar refractivity (Wildman–Crippen MR) is 72.1 cm³/mol. The number of likely N-dealkylation sites (tertiary alicyclic amines) is 1. The molecule has 0 aromatic carbocycles. The normalized spacial score (nSPS) is 25.0. The van der Waals surface area contributed by atoms with Crippen molar-refractivity contribution < 1.29 is 0 Å². The Morgan fingerprint density at radius 1 is 1.50 bits per heavy atom. The molecule has 2 unspecified atom stereocenters. The fourth-order valence-corrected chi connectivity index (χ4v) is 2.58. The van der Waals surface area contributed by atoms with Crippen molar-refractivity contribution >= 4 is 0 Å². The molecule has 1 aliphatic rings. The number of nitriles is 1. The molecule has 4 heteroatoms. The van der Waals surface area contributed by atoms with Crippen molar-refractivity contribution in [2.75, 3.05) is 13.6 Å². The van der Waals surface area contributed by atoms with E-state index < -0.39 is 0 Å². The molecular weight excluding hydrogens is 224 g/mol. The van der Waals surface area contributed by atoms with Crippen molar-refractivity contribution in [3.05, 3.63) is 23.5 Å². The summed E-state index contributed by atoms with van der Waals surface area (Å²) in [6.07, 6.45) is 4.44.